The van der Waals surface area contributed by atoms with Gasteiger partial charge in [0.15, 0.2) is 5.82 Å². The molecule has 2 aromatic carbocycles. The first kappa shape index (κ1) is 24.1. The summed E-state index contributed by atoms with van der Waals surface area (Å²) in [6.45, 7) is 5.12. The molecule has 0 unspecified atom stereocenters. The van der Waals surface area contributed by atoms with Crippen LogP contribution in [0.4, 0.5) is 8.78 Å². The number of fused-ring (bicyclic) bond motifs is 3. The monoisotopic (exact) mass is 507 g/mol. The molecule has 0 amide bonds. The van der Waals surface area contributed by atoms with Crippen molar-refractivity contribution in [1.29, 1.82) is 0 Å². The van der Waals surface area contributed by atoms with Crippen LogP contribution in [0.1, 0.15) is 51.5 Å². The zero-order valence-electron chi connectivity index (χ0n) is 21.4. The average Bonchev–Trinajstić information content (AvgIpc) is 3.56. The number of ether oxygens (including phenoxy) is 1. The van der Waals surface area contributed by atoms with Gasteiger partial charge in [0.05, 0.1) is 28.3 Å². The summed E-state index contributed by atoms with van der Waals surface area (Å²) in [7, 11) is 1.30. The SMILES string of the molecule is Cn1cnnc1-c1cccc(OC(F)F)c1[C@H]1CCc2nc3ccc(B4OC(C)(C)C(C)(C)O4)cc3n21. The largest absolute Gasteiger partial charge is 0.494 e. The standard InChI is InChI=1S/C26H28BF2N5O3/c1-25(2)26(3,4)37-27(36-25)15-9-10-17-19(13-15)34-18(11-12-21(34)31-17)22-16(23-32-30-14-33(23)5)7-6-8-20(22)35-24(28)29/h6-10,13-14,18,24H,11-12H2,1-5H3/t18-/m1/s1. The maximum atomic E-state index is 13.5. The van der Waals surface area contributed by atoms with E-state index in [-0.39, 0.29) is 11.8 Å². The van der Waals surface area contributed by atoms with Crippen LogP contribution in [0.2, 0.25) is 0 Å². The summed E-state index contributed by atoms with van der Waals surface area (Å²) in [5.41, 5.74) is 2.99. The number of aromatic nitrogens is 5. The molecular formula is C26H28BF2N5O3. The van der Waals surface area contributed by atoms with Crippen molar-refractivity contribution in [3.8, 4) is 17.1 Å². The fourth-order valence-corrected chi connectivity index (χ4v) is 5.29. The summed E-state index contributed by atoms with van der Waals surface area (Å²) in [5.74, 6) is 1.59. The zero-order valence-corrected chi connectivity index (χ0v) is 21.4. The second-order valence-electron chi connectivity index (χ2n) is 10.7. The van der Waals surface area contributed by atoms with Crippen molar-refractivity contribution in [2.75, 3.05) is 0 Å². The molecular weight excluding hydrogens is 479 g/mol. The summed E-state index contributed by atoms with van der Waals surface area (Å²) in [6, 6.07) is 10.8. The number of halogens is 2. The van der Waals surface area contributed by atoms with E-state index in [1.165, 1.54) is 0 Å². The van der Waals surface area contributed by atoms with Crippen LogP contribution < -0.4 is 10.2 Å². The highest BCUT2D eigenvalue weighted by molar-refractivity contribution is 6.62. The van der Waals surface area contributed by atoms with Crippen molar-refractivity contribution in [3.63, 3.8) is 0 Å². The van der Waals surface area contributed by atoms with Crippen molar-refractivity contribution in [3.05, 3.63) is 54.1 Å². The topological polar surface area (TPSA) is 76.2 Å². The van der Waals surface area contributed by atoms with Crippen LogP contribution in [0.15, 0.2) is 42.7 Å². The minimum absolute atomic E-state index is 0.123. The van der Waals surface area contributed by atoms with Gasteiger partial charge in [-0.05, 0) is 57.8 Å². The van der Waals surface area contributed by atoms with Crippen LogP contribution in [0.5, 0.6) is 5.75 Å². The van der Waals surface area contributed by atoms with Gasteiger partial charge in [0.1, 0.15) is 17.9 Å². The first-order valence-electron chi connectivity index (χ1n) is 12.3. The van der Waals surface area contributed by atoms with E-state index >= 15 is 0 Å². The molecule has 0 radical (unpaired) electrons. The quantitative estimate of drug-likeness (QED) is 0.376. The molecule has 192 valence electrons. The molecule has 0 N–H and O–H groups in total. The number of nitrogens with zero attached hydrogens (tertiary/aromatic N) is 5. The van der Waals surface area contributed by atoms with Gasteiger partial charge in [0, 0.05) is 24.6 Å². The molecule has 1 saturated heterocycles. The van der Waals surface area contributed by atoms with Gasteiger partial charge in [-0.1, -0.05) is 18.2 Å². The lowest BCUT2D eigenvalue weighted by molar-refractivity contribution is -0.0506. The molecule has 0 bridgehead atoms. The highest BCUT2D eigenvalue weighted by Crippen LogP contribution is 2.44. The first-order chi connectivity index (χ1) is 17.6. The Morgan fingerprint density at radius 3 is 2.54 bits per heavy atom. The van der Waals surface area contributed by atoms with Crippen LogP contribution in [0.25, 0.3) is 22.4 Å². The van der Waals surface area contributed by atoms with Crippen LogP contribution in [0.3, 0.4) is 0 Å². The van der Waals surface area contributed by atoms with Crippen molar-refractivity contribution in [1.82, 2.24) is 24.3 Å². The summed E-state index contributed by atoms with van der Waals surface area (Å²) in [4.78, 5) is 4.85. The molecule has 37 heavy (non-hydrogen) atoms. The fraction of sp³-hybridized carbons (Fsp3) is 0.423. The molecule has 0 saturated carbocycles. The van der Waals surface area contributed by atoms with Gasteiger partial charge in [-0.25, -0.2) is 4.98 Å². The number of benzene rings is 2. The molecule has 2 aromatic heterocycles. The second-order valence-corrected chi connectivity index (χ2v) is 10.7. The average molecular weight is 507 g/mol. The van der Waals surface area contributed by atoms with Crippen LogP contribution >= 0.6 is 0 Å². The fourth-order valence-electron chi connectivity index (χ4n) is 5.29. The van der Waals surface area contributed by atoms with Gasteiger partial charge in [0.2, 0.25) is 0 Å². The number of alkyl halides is 2. The summed E-state index contributed by atoms with van der Waals surface area (Å²) < 4.78 is 48.4. The van der Waals surface area contributed by atoms with Gasteiger partial charge in [0.25, 0.3) is 0 Å². The normalized spacial score (nSPS) is 20.2. The highest BCUT2D eigenvalue weighted by atomic mass is 19.3. The van der Waals surface area contributed by atoms with E-state index in [0.717, 1.165) is 22.3 Å². The molecule has 11 heteroatoms. The molecule has 4 aromatic rings. The number of aryl methyl sites for hydroxylation is 2. The maximum absolute atomic E-state index is 13.5. The number of hydrogen-bond donors (Lipinski definition) is 0. The third-order valence-corrected chi connectivity index (χ3v) is 7.83. The van der Waals surface area contributed by atoms with Gasteiger partial charge < -0.3 is 23.2 Å². The molecule has 1 atom stereocenters. The van der Waals surface area contributed by atoms with Gasteiger partial charge in [-0.15, -0.1) is 10.2 Å². The van der Waals surface area contributed by atoms with E-state index in [1.54, 1.807) is 23.0 Å². The van der Waals surface area contributed by atoms with Gasteiger partial charge >= 0.3 is 13.7 Å². The van der Waals surface area contributed by atoms with E-state index in [1.807, 2.05) is 59.0 Å². The number of rotatable bonds is 5. The Kier molecular flexibility index (Phi) is 5.43. The number of imidazole rings is 1. The molecule has 4 heterocycles. The van der Waals surface area contributed by atoms with Crippen molar-refractivity contribution in [2.24, 2.45) is 7.05 Å². The Bertz CT molecular complexity index is 1480. The Labute approximate surface area is 213 Å². The molecule has 2 aliphatic rings. The van der Waals surface area contributed by atoms with E-state index in [2.05, 4.69) is 14.8 Å². The van der Waals surface area contributed by atoms with E-state index in [9.17, 15) is 8.78 Å². The molecule has 8 nitrogen and oxygen atoms in total. The van der Waals surface area contributed by atoms with Gasteiger partial charge in [-0.2, -0.15) is 8.78 Å². The smallest absolute Gasteiger partial charge is 0.434 e. The predicted molar refractivity (Wildman–Crippen MR) is 135 cm³/mol. The third-order valence-electron chi connectivity index (χ3n) is 7.83. The van der Waals surface area contributed by atoms with Crippen molar-refractivity contribution < 1.29 is 22.8 Å². The van der Waals surface area contributed by atoms with Crippen molar-refractivity contribution >= 4 is 23.6 Å². The Morgan fingerprint density at radius 1 is 1.11 bits per heavy atom. The molecule has 2 aliphatic heterocycles. The van der Waals surface area contributed by atoms with Crippen LogP contribution in [0, 0.1) is 0 Å². The predicted octanol–water partition coefficient (Wildman–Crippen LogP) is 4.27. The van der Waals surface area contributed by atoms with E-state index in [4.69, 9.17) is 19.0 Å². The van der Waals surface area contributed by atoms with Crippen molar-refractivity contribution in [2.45, 2.75) is 64.4 Å². The lowest BCUT2D eigenvalue weighted by Gasteiger charge is -2.32. The Hall–Kier alpha value is -3.31. The minimum Gasteiger partial charge on any atom is -0.434 e. The summed E-state index contributed by atoms with van der Waals surface area (Å²) in [5, 5.41) is 8.25. The zero-order chi connectivity index (χ0) is 26.1. The molecule has 1 fully saturated rings. The van der Waals surface area contributed by atoms with E-state index < -0.39 is 24.9 Å². The summed E-state index contributed by atoms with van der Waals surface area (Å²) >= 11 is 0. The Morgan fingerprint density at radius 2 is 1.86 bits per heavy atom. The highest BCUT2D eigenvalue weighted by Gasteiger charge is 2.51. The van der Waals surface area contributed by atoms with Crippen LogP contribution in [-0.2, 0) is 22.8 Å². The maximum Gasteiger partial charge on any atom is 0.494 e. The van der Waals surface area contributed by atoms with E-state index in [0.29, 0.717) is 29.8 Å². The lowest BCUT2D eigenvalue weighted by atomic mass is 9.79. The molecule has 0 aliphatic carbocycles. The second kappa shape index (κ2) is 8.36. The molecule has 6 rings (SSSR count). The van der Waals surface area contributed by atoms with Crippen LogP contribution in [-0.4, -0.2) is 49.2 Å². The number of hydrogen-bond acceptors (Lipinski definition) is 6. The van der Waals surface area contributed by atoms with Gasteiger partial charge in [-0.3, -0.25) is 0 Å². The summed E-state index contributed by atoms with van der Waals surface area (Å²) in [6.07, 6.45) is 2.98. The minimum atomic E-state index is -2.95. The Balaban J connectivity index is 1.49. The first-order valence-corrected chi connectivity index (χ1v) is 12.3. The lowest BCUT2D eigenvalue weighted by Crippen LogP contribution is -2.41. The molecule has 0 spiro atoms. The third kappa shape index (κ3) is 3.83.